The van der Waals surface area contributed by atoms with E-state index in [2.05, 4.69) is 20.7 Å². The number of aromatic amines is 1. The summed E-state index contributed by atoms with van der Waals surface area (Å²) in [6.45, 7) is 2.78. The van der Waals surface area contributed by atoms with Gasteiger partial charge in [-0.25, -0.2) is 0 Å². The molecule has 1 aliphatic rings. The van der Waals surface area contributed by atoms with E-state index >= 15 is 0 Å². The SMILES string of the molecule is COC1(CNCc2n[nH]nc2-c2ccccc2)CCOC1. The molecule has 1 fully saturated rings. The molecule has 0 amide bonds. The molecule has 0 radical (unpaired) electrons. The van der Waals surface area contributed by atoms with Crippen LogP contribution < -0.4 is 5.32 Å². The standard InChI is InChI=1S/C15H20N4O2/c1-20-15(7-8-21-11-15)10-16-9-13-14(18-19-17-13)12-5-3-2-4-6-12/h2-6,16H,7-11H2,1H3,(H,17,18,19). The topological polar surface area (TPSA) is 72.1 Å². The molecule has 6 nitrogen and oxygen atoms in total. The van der Waals surface area contributed by atoms with Crippen LogP contribution in [0.5, 0.6) is 0 Å². The van der Waals surface area contributed by atoms with E-state index in [1.807, 2.05) is 30.3 Å². The molecule has 0 aliphatic carbocycles. The predicted molar refractivity (Wildman–Crippen MR) is 78.7 cm³/mol. The minimum Gasteiger partial charge on any atom is -0.378 e. The van der Waals surface area contributed by atoms with Gasteiger partial charge in [-0.05, 0) is 0 Å². The van der Waals surface area contributed by atoms with Gasteiger partial charge in [0, 0.05) is 38.8 Å². The molecule has 2 aromatic rings. The van der Waals surface area contributed by atoms with Gasteiger partial charge in [0.15, 0.2) is 0 Å². The van der Waals surface area contributed by atoms with Crippen molar-refractivity contribution in [3.05, 3.63) is 36.0 Å². The van der Waals surface area contributed by atoms with Crippen molar-refractivity contribution in [3.63, 3.8) is 0 Å². The Morgan fingerprint density at radius 2 is 2.19 bits per heavy atom. The highest BCUT2D eigenvalue weighted by atomic mass is 16.5. The van der Waals surface area contributed by atoms with Crippen LogP contribution in [-0.4, -0.2) is 47.9 Å². The Bertz CT molecular complexity index is 564. The van der Waals surface area contributed by atoms with Crippen molar-refractivity contribution in [2.45, 2.75) is 18.6 Å². The summed E-state index contributed by atoms with van der Waals surface area (Å²) < 4.78 is 11.0. The second-order valence-electron chi connectivity index (χ2n) is 5.28. The van der Waals surface area contributed by atoms with E-state index in [0.29, 0.717) is 13.2 Å². The zero-order chi connectivity index (χ0) is 14.5. The Kier molecular flexibility index (Phi) is 4.28. The van der Waals surface area contributed by atoms with E-state index < -0.39 is 0 Å². The summed E-state index contributed by atoms with van der Waals surface area (Å²) in [6, 6.07) is 10.0. The largest absolute Gasteiger partial charge is 0.378 e. The molecule has 1 unspecified atom stereocenters. The quantitative estimate of drug-likeness (QED) is 0.840. The first-order chi connectivity index (χ1) is 10.3. The van der Waals surface area contributed by atoms with Gasteiger partial charge in [0.05, 0.1) is 6.61 Å². The minimum atomic E-state index is -0.212. The van der Waals surface area contributed by atoms with Crippen molar-refractivity contribution in [2.24, 2.45) is 0 Å². The average molecular weight is 288 g/mol. The van der Waals surface area contributed by atoms with Crippen molar-refractivity contribution < 1.29 is 9.47 Å². The molecule has 3 rings (SSSR count). The van der Waals surface area contributed by atoms with Crippen molar-refractivity contribution in [3.8, 4) is 11.3 Å². The Morgan fingerprint density at radius 1 is 1.33 bits per heavy atom. The number of hydrogen-bond acceptors (Lipinski definition) is 5. The first-order valence-electron chi connectivity index (χ1n) is 7.12. The molecule has 1 aromatic heterocycles. The van der Waals surface area contributed by atoms with Gasteiger partial charge in [-0.2, -0.15) is 15.4 Å². The zero-order valence-corrected chi connectivity index (χ0v) is 12.1. The van der Waals surface area contributed by atoms with Gasteiger partial charge in [-0.15, -0.1) is 0 Å². The molecule has 0 saturated carbocycles. The monoisotopic (exact) mass is 288 g/mol. The third-order valence-corrected chi connectivity index (χ3v) is 3.91. The molecule has 1 aromatic carbocycles. The number of rotatable bonds is 6. The maximum Gasteiger partial charge on any atom is 0.117 e. The van der Waals surface area contributed by atoms with Crippen LogP contribution >= 0.6 is 0 Å². The van der Waals surface area contributed by atoms with Crippen LogP contribution in [0.3, 0.4) is 0 Å². The molecule has 1 saturated heterocycles. The van der Waals surface area contributed by atoms with Crippen LogP contribution in [0.15, 0.2) is 30.3 Å². The van der Waals surface area contributed by atoms with Gasteiger partial charge in [0.1, 0.15) is 17.0 Å². The van der Waals surface area contributed by atoms with Crippen LogP contribution in [0.25, 0.3) is 11.3 Å². The van der Waals surface area contributed by atoms with Gasteiger partial charge >= 0.3 is 0 Å². The lowest BCUT2D eigenvalue weighted by Crippen LogP contribution is -2.42. The lowest BCUT2D eigenvalue weighted by atomic mass is 10.0. The highest BCUT2D eigenvalue weighted by Gasteiger charge is 2.34. The number of H-pyrrole nitrogens is 1. The van der Waals surface area contributed by atoms with E-state index in [0.717, 1.165) is 36.5 Å². The maximum atomic E-state index is 5.60. The molecule has 1 aliphatic heterocycles. The second kappa shape index (κ2) is 6.34. The number of nitrogens with one attached hydrogen (secondary N) is 2. The van der Waals surface area contributed by atoms with E-state index in [1.165, 1.54) is 0 Å². The molecule has 1 atom stereocenters. The average Bonchev–Trinajstić information content (AvgIpc) is 3.18. The summed E-state index contributed by atoms with van der Waals surface area (Å²) in [7, 11) is 1.74. The number of methoxy groups -OCH3 is 1. The van der Waals surface area contributed by atoms with Crippen molar-refractivity contribution >= 4 is 0 Å². The third kappa shape index (κ3) is 3.12. The summed E-state index contributed by atoms with van der Waals surface area (Å²) >= 11 is 0. The van der Waals surface area contributed by atoms with Gasteiger partial charge < -0.3 is 14.8 Å². The zero-order valence-electron chi connectivity index (χ0n) is 12.1. The summed E-state index contributed by atoms with van der Waals surface area (Å²) in [5.74, 6) is 0. The summed E-state index contributed by atoms with van der Waals surface area (Å²) in [4.78, 5) is 0. The van der Waals surface area contributed by atoms with E-state index in [-0.39, 0.29) is 5.60 Å². The Morgan fingerprint density at radius 3 is 2.90 bits per heavy atom. The highest BCUT2D eigenvalue weighted by molar-refractivity contribution is 5.60. The van der Waals surface area contributed by atoms with Crippen LogP contribution in [0.4, 0.5) is 0 Å². The highest BCUT2D eigenvalue weighted by Crippen LogP contribution is 2.22. The maximum absolute atomic E-state index is 5.60. The van der Waals surface area contributed by atoms with Crippen LogP contribution in [-0.2, 0) is 16.0 Å². The second-order valence-corrected chi connectivity index (χ2v) is 5.28. The fourth-order valence-corrected chi connectivity index (χ4v) is 2.57. The first kappa shape index (κ1) is 14.2. The third-order valence-electron chi connectivity index (χ3n) is 3.91. The number of benzene rings is 1. The predicted octanol–water partition coefficient (Wildman–Crippen LogP) is 1.37. The lowest BCUT2D eigenvalue weighted by molar-refractivity contribution is -0.0159. The van der Waals surface area contributed by atoms with Gasteiger partial charge in [0.2, 0.25) is 0 Å². The van der Waals surface area contributed by atoms with Crippen molar-refractivity contribution in [1.82, 2.24) is 20.7 Å². The summed E-state index contributed by atoms with van der Waals surface area (Å²) in [5.41, 5.74) is 2.65. The number of ether oxygens (including phenoxy) is 2. The van der Waals surface area contributed by atoms with Crippen LogP contribution in [0, 0.1) is 0 Å². The van der Waals surface area contributed by atoms with E-state index in [1.54, 1.807) is 7.11 Å². The minimum absolute atomic E-state index is 0.212. The fourth-order valence-electron chi connectivity index (χ4n) is 2.57. The van der Waals surface area contributed by atoms with Gasteiger partial charge in [-0.3, -0.25) is 0 Å². The lowest BCUT2D eigenvalue weighted by Gasteiger charge is -2.25. The summed E-state index contributed by atoms with van der Waals surface area (Å²) in [6.07, 6.45) is 0.918. The molecule has 0 bridgehead atoms. The van der Waals surface area contributed by atoms with E-state index in [9.17, 15) is 0 Å². The molecule has 0 spiro atoms. The van der Waals surface area contributed by atoms with Crippen molar-refractivity contribution in [1.29, 1.82) is 0 Å². The molecule has 2 N–H and O–H groups in total. The molecule has 2 heterocycles. The van der Waals surface area contributed by atoms with Crippen LogP contribution in [0.1, 0.15) is 12.1 Å². The fraction of sp³-hybridized carbons (Fsp3) is 0.467. The normalized spacial score (nSPS) is 21.8. The van der Waals surface area contributed by atoms with Crippen LogP contribution in [0.2, 0.25) is 0 Å². The molecule has 112 valence electrons. The number of nitrogens with zero attached hydrogens (tertiary/aromatic N) is 2. The van der Waals surface area contributed by atoms with Gasteiger partial charge in [0.25, 0.3) is 0 Å². The molecular weight excluding hydrogens is 268 g/mol. The Balaban J connectivity index is 1.63. The summed E-state index contributed by atoms with van der Waals surface area (Å²) in [5, 5.41) is 14.6. The Hall–Kier alpha value is -1.76. The Labute approximate surface area is 123 Å². The number of aromatic nitrogens is 3. The smallest absolute Gasteiger partial charge is 0.117 e. The molecule has 6 heteroatoms. The number of hydrogen-bond donors (Lipinski definition) is 2. The van der Waals surface area contributed by atoms with Gasteiger partial charge in [-0.1, -0.05) is 30.3 Å². The molecule has 21 heavy (non-hydrogen) atoms. The molecular formula is C15H20N4O2. The van der Waals surface area contributed by atoms with E-state index in [4.69, 9.17) is 9.47 Å². The first-order valence-corrected chi connectivity index (χ1v) is 7.12. The van der Waals surface area contributed by atoms with Crippen molar-refractivity contribution in [2.75, 3.05) is 26.9 Å².